The number of hydrogen-bond donors (Lipinski definition) is 3. The molecule has 0 heterocycles. The van der Waals surface area contributed by atoms with Crippen LogP contribution in [0.2, 0.25) is 0 Å². The fraction of sp³-hybridized carbons (Fsp3) is 0.444. The Hall–Kier alpha value is -3.35. The van der Waals surface area contributed by atoms with Crippen molar-refractivity contribution in [2.75, 3.05) is 6.61 Å². The van der Waals surface area contributed by atoms with Gasteiger partial charge in [-0.3, -0.25) is 9.59 Å². The fourth-order valence-corrected chi connectivity index (χ4v) is 5.14. The zero-order valence-corrected chi connectivity index (χ0v) is 19.6. The summed E-state index contributed by atoms with van der Waals surface area (Å²) in [6.07, 6.45) is 1.91. The number of carboxylic acid groups (broad SMARTS) is 1. The summed E-state index contributed by atoms with van der Waals surface area (Å²) in [6.45, 7) is 3.89. The Morgan fingerprint density at radius 2 is 1.62 bits per heavy atom. The Bertz CT molecular complexity index is 1020. The first kappa shape index (κ1) is 23.8. The number of carbonyl (C=O) groups is 3. The van der Waals surface area contributed by atoms with Crippen LogP contribution in [0.1, 0.15) is 56.6 Å². The Morgan fingerprint density at radius 1 is 1.00 bits per heavy atom. The van der Waals surface area contributed by atoms with Crippen molar-refractivity contribution < 1.29 is 24.2 Å². The van der Waals surface area contributed by atoms with E-state index < -0.39 is 24.0 Å². The number of carbonyl (C=O) groups excluding carboxylic acids is 2. The molecule has 0 spiro atoms. The average molecular weight is 465 g/mol. The van der Waals surface area contributed by atoms with Gasteiger partial charge in [-0.25, -0.2) is 4.79 Å². The van der Waals surface area contributed by atoms with Gasteiger partial charge in [0.1, 0.15) is 12.6 Å². The first-order valence-electron chi connectivity index (χ1n) is 12.0. The molecule has 3 N–H and O–H groups in total. The van der Waals surface area contributed by atoms with Crippen molar-refractivity contribution >= 4 is 18.0 Å². The van der Waals surface area contributed by atoms with Crippen molar-refractivity contribution in [2.45, 2.75) is 57.5 Å². The van der Waals surface area contributed by atoms with Crippen LogP contribution in [0, 0.1) is 11.8 Å². The SMILES string of the molecule is CC(C)[C@H](NC(=O)OCC1c2ccccc2-c2ccccc21)C(=O)NC1CCCC(C(=O)O)C1. The Morgan fingerprint density at radius 3 is 2.21 bits per heavy atom. The van der Waals surface area contributed by atoms with E-state index in [0.717, 1.165) is 35.1 Å². The molecule has 7 heteroatoms. The van der Waals surface area contributed by atoms with E-state index in [1.165, 1.54) is 0 Å². The van der Waals surface area contributed by atoms with Crippen LogP contribution >= 0.6 is 0 Å². The molecule has 2 aliphatic carbocycles. The molecule has 2 aromatic rings. The van der Waals surface area contributed by atoms with Crippen LogP contribution in [0.25, 0.3) is 11.1 Å². The number of fused-ring (bicyclic) bond motifs is 3. The summed E-state index contributed by atoms with van der Waals surface area (Å²) in [5.41, 5.74) is 4.55. The smallest absolute Gasteiger partial charge is 0.407 e. The molecular weight excluding hydrogens is 432 g/mol. The van der Waals surface area contributed by atoms with Crippen molar-refractivity contribution in [3.63, 3.8) is 0 Å². The number of rotatable bonds is 7. The molecule has 0 radical (unpaired) electrons. The van der Waals surface area contributed by atoms with E-state index in [0.29, 0.717) is 12.8 Å². The van der Waals surface area contributed by atoms with Gasteiger partial charge in [0, 0.05) is 12.0 Å². The maximum atomic E-state index is 12.9. The monoisotopic (exact) mass is 464 g/mol. The van der Waals surface area contributed by atoms with Crippen LogP contribution in [-0.2, 0) is 14.3 Å². The molecule has 3 atom stereocenters. The molecule has 2 amide bonds. The summed E-state index contributed by atoms with van der Waals surface area (Å²) in [4.78, 5) is 36.9. The molecule has 180 valence electrons. The number of amides is 2. The lowest BCUT2D eigenvalue weighted by Gasteiger charge is -2.30. The summed E-state index contributed by atoms with van der Waals surface area (Å²) < 4.78 is 5.60. The molecule has 2 aliphatic rings. The van der Waals surface area contributed by atoms with Crippen LogP contribution in [0.3, 0.4) is 0 Å². The number of ether oxygens (including phenoxy) is 1. The molecule has 0 aliphatic heterocycles. The predicted octanol–water partition coefficient (Wildman–Crippen LogP) is 4.31. The molecule has 2 aromatic carbocycles. The summed E-state index contributed by atoms with van der Waals surface area (Å²) >= 11 is 0. The number of benzene rings is 2. The van der Waals surface area contributed by atoms with Gasteiger partial charge in [-0.05, 0) is 47.4 Å². The highest BCUT2D eigenvalue weighted by molar-refractivity contribution is 5.86. The largest absolute Gasteiger partial charge is 0.481 e. The molecular formula is C27H32N2O5. The topological polar surface area (TPSA) is 105 Å². The second kappa shape index (κ2) is 10.3. The number of carboxylic acids is 1. The molecule has 7 nitrogen and oxygen atoms in total. The normalized spacial score (nSPS) is 20.2. The molecule has 0 saturated heterocycles. The van der Waals surface area contributed by atoms with Gasteiger partial charge in [0.15, 0.2) is 0 Å². The van der Waals surface area contributed by atoms with E-state index in [-0.39, 0.29) is 30.4 Å². The maximum absolute atomic E-state index is 12.9. The van der Waals surface area contributed by atoms with E-state index in [2.05, 4.69) is 34.9 Å². The van der Waals surface area contributed by atoms with Gasteiger partial charge in [0.05, 0.1) is 5.92 Å². The lowest BCUT2D eigenvalue weighted by molar-refractivity contribution is -0.143. The summed E-state index contributed by atoms with van der Waals surface area (Å²) in [7, 11) is 0. The standard InChI is InChI=1S/C27H32N2O5/c1-16(2)24(25(30)28-18-9-7-8-17(14-18)26(31)32)29-27(33)34-15-23-21-12-5-3-10-19(21)20-11-4-6-13-22(20)23/h3-6,10-13,16-18,23-24H,7-9,14-15H2,1-2H3,(H,28,30)(H,29,33)(H,31,32)/t17?,18?,24-/m0/s1. The number of hydrogen-bond acceptors (Lipinski definition) is 4. The minimum atomic E-state index is -0.823. The highest BCUT2D eigenvalue weighted by atomic mass is 16.5. The summed E-state index contributed by atoms with van der Waals surface area (Å²) in [5, 5.41) is 15.0. The molecule has 2 unspecified atom stereocenters. The van der Waals surface area contributed by atoms with E-state index in [1.54, 1.807) is 0 Å². The van der Waals surface area contributed by atoms with Crippen molar-refractivity contribution in [1.29, 1.82) is 0 Å². The zero-order valence-electron chi connectivity index (χ0n) is 19.6. The third kappa shape index (κ3) is 5.08. The van der Waals surface area contributed by atoms with E-state index in [4.69, 9.17) is 4.74 Å². The van der Waals surface area contributed by atoms with Crippen LogP contribution in [0.15, 0.2) is 48.5 Å². The van der Waals surface area contributed by atoms with Crippen LogP contribution < -0.4 is 10.6 Å². The van der Waals surface area contributed by atoms with Gasteiger partial charge in [-0.1, -0.05) is 68.8 Å². The van der Waals surface area contributed by atoms with Crippen molar-refractivity contribution in [1.82, 2.24) is 10.6 Å². The number of aliphatic carboxylic acids is 1. The molecule has 0 bridgehead atoms. The molecule has 1 fully saturated rings. The third-order valence-electron chi connectivity index (χ3n) is 6.94. The lowest BCUT2D eigenvalue weighted by atomic mass is 9.85. The average Bonchev–Trinajstić information content (AvgIpc) is 3.15. The predicted molar refractivity (Wildman–Crippen MR) is 128 cm³/mol. The van der Waals surface area contributed by atoms with Gasteiger partial charge < -0.3 is 20.5 Å². The van der Waals surface area contributed by atoms with E-state index in [9.17, 15) is 19.5 Å². The Kier molecular flexibility index (Phi) is 7.20. The number of nitrogens with one attached hydrogen (secondary N) is 2. The van der Waals surface area contributed by atoms with Crippen molar-refractivity contribution in [2.24, 2.45) is 11.8 Å². The molecule has 1 saturated carbocycles. The Balaban J connectivity index is 1.36. The van der Waals surface area contributed by atoms with Crippen molar-refractivity contribution in [3.8, 4) is 11.1 Å². The molecule has 4 rings (SSSR count). The number of alkyl carbamates (subject to hydrolysis) is 1. The van der Waals surface area contributed by atoms with Gasteiger partial charge >= 0.3 is 12.1 Å². The van der Waals surface area contributed by atoms with Crippen molar-refractivity contribution in [3.05, 3.63) is 59.7 Å². The molecule has 34 heavy (non-hydrogen) atoms. The fourth-order valence-electron chi connectivity index (χ4n) is 5.14. The summed E-state index contributed by atoms with van der Waals surface area (Å²) in [6, 6.07) is 15.3. The van der Waals surface area contributed by atoms with Crippen LogP contribution in [0.5, 0.6) is 0 Å². The summed E-state index contributed by atoms with van der Waals surface area (Å²) in [5.74, 6) is -1.78. The van der Waals surface area contributed by atoms with Crippen LogP contribution in [-0.4, -0.2) is 41.8 Å². The third-order valence-corrected chi connectivity index (χ3v) is 6.94. The van der Waals surface area contributed by atoms with Gasteiger partial charge in [0.2, 0.25) is 5.91 Å². The van der Waals surface area contributed by atoms with E-state index in [1.807, 2.05) is 38.1 Å². The lowest BCUT2D eigenvalue weighted by Crippen LogP contribution is -2.53. The van der Waals surface area contributed by atoms with Gasteiger partial charge in [0.25, 0.3) is 0 Å². The zero-order chi connectivity index (χ0) is 24.2. The minimum Gasteiger partial charge on any atom is -0.481 e. The first-order chi connectivity index (χ1) is 16.3. The first-order valence-corrected chi connectivity index (χ1v) is 12.0. The van der Waals surface area contributed by atoms with Gasteiger partial charge in [-0.15, -0.1) is 0 Å². The van der Waals surface area contributed by atoms with E-state index >= 15 is 0 Å². The van der Waals surface area contributed by atoms with Crippen LogP contribution in [0.4, 0.5) is 4.79 Å². The highest BCUT2D eigenvalue weighted by Gasteiger charge is 2.32. The second-order valence-electron chi connectivity index (χ2n) is 9.60. The Labute approximate surface area is 199 Å². The quantitative estimate of drug-likeness (QED) is 0.566. The minimum absolute atomic E-state index is 0.0559. The maximum Gasteiger partial charge on any atom is 0.407 e. The van der Waals surface area contributed by atoms with Gasteiger partial charge in [-0.2, -0.15) is 0 Å². The molecule has 0 aromatic heterocycles. The highest BCUT2D eigenvalue weighted by Crippen LogP contribution is 2.44. The second-order valence-corrected chi connectivity index (χ2v) is 9.60.